The number of hydrogen-bond donors (Lipinski definition) is 0. The molecule has 2 aliphatic rings. The zero-order valence-corrected chi connectivity index (χ0v) is 14.8. The predicted molar refractivity (Wildman–Crippen MR) is 94.0 cm³/mol. The number of fused-ring (bicyclic) bond motifs is 1. The lowest BCUT2D eigenvalue weighted by atomic mass is 10.1. The van der Waals surface area contributed by atoms with Gasteiger partial charge >= 0.3 is 0 Å². The molecule has 0 saturated heterocycles. The van der Waals surface area contributed by atoms with Gasteiger partial charge in [0, 0.05) is 36.1 Å². The minimum atomic E-state index is -0.317. The van der Waals surface area contributed by atoms with E-state index in [1.807, 2.05) is 0 Å². The van der Waals surface area contributed by atoms with E-state index in [-0.39, 0.29) is 17.8 Å². The number of benzene rings is 1. The van der Waals surface area contributed by atoms with Gasteiger partial charge in [-0.15, -0.1) is 0 Å². The Morgan fingerprint density at radius 3 is 2.54 bits per heavy atom. The fourth-order valence-corrected chi connectivity index (χ4v) is 3.79. The summed E-state index contributed by atoms with van der Waals surface area (Å²) >= 11 is 0. The first-order valence-electron chi connectivity index (χ1n) is 8.83. The van der Waals surface area contributed by atoms with Crippen LogP contribution in [0, 0.1) is 17.7 Å². The van der Waals surface area contributed by atoms with Crippen LogP contribution in [-0.2, 0) is 4.84 Å². The molecule has 136 valence electrons. The SMILES string of the molecule is CON(C)C(=O)c1cc(OC2[C@H]3CCC[C@@H]23)nc(-c2ccc(F)cc2)c1. The minimum Gasteiger partial charge on any atom is -0.474 e. The molecule has 26 heavy (non-hydrogen) atoms. The van der Waals surface area contributed by atoms with Crippen LogP contribution in [0.5, 0.6) is 5.88 Å². The van der Waals surface area contributed by atoms with Gasteiger partial charge in [-0.1, -0.05) is 6.42 Å². The van der Waals surface area contributed by atoms with Gasteiger partial charge in [0.1, 0.15) is 11.9 Å². The number of rotatable bonds is 5. The molecule has 6 heteroatoms. The van der Waals surface area contributed by atoms with Crippen LogP contribution < -0.4 is 4.74 Å². The Balaban J connectivity index is 1.67. The van der Waals surface area contributed by atoms with Crippen LogP contribution in [0.15, 0.2) is 36.4 Å². The second-order valence-electron chi connectivity index (χ2n) is 6.91. The minimum absolute atomic E-state index is 0.197. The number of ether oxygens (including phenoxy) is 1. The lowest BCUT2D eigenvalue weighted by Crippen LogP contribution is -2.25. The van der Waals surface area contributed by atoms with Gasteiger partial charge in [-0.3, -0.25) is 9.63 Å². The molecule has 2 fully saturated rings. The summed E-state index contributed by atoms with van der Waals surface area (Å²) in [6.45, 7) is 0. The van der Waals surface area contributed by atoms with Crippen LogP contribution in [0.2, 0.25) is 0 Å². The van der Waals surface area contributed by atoms with E-state index in [0.29, 0.717) is 29.0 Å². The maximum Gasteiger partial charge on any atom is 0.277 e. The average Bonchev–Trinajstić information content (AvgIpc) is 3.07. The first kappa shape index (κ1) is 17.0. The normalized spacial score (nSPS) is 23.4. The Morgan fingerprint density at radius 1 is 1.19 bits per heavy atom. The number of amides is 1. The number of carbonyl (C=O) groups is 1. The van der Waals surface area contributed by atoms with Gasteiger partial charge in [-0.2, -0.15) is 0 Å². The van der Waals surface area contributed by atoms with Gasteiger partial charge in [0.15, 0.2) is 0 Å². The summed E-state index contributed by atoms with van der Waals surface area (Å²) in [5, 5.41) is 1.15. The Labute approximate surface area is 151 Å². The molecular formula is C20H21FN2O3. The molecule has 0 N–H and O–H groups in total. The van der Waals surface area contributed by atoms with E-state index in [0.717, 1.165) is 10.6 Å². The topological polar surface area (TPSA) is 51.7 Å². The van der Waals surface area contributed by atoms with Crippen LogP contribution in [0.4, 0.5) is 4.39 Å². The smallest absolute Gasteiger partial charge is 0.277 e. The highest BCUT2D eigenvalue weighted by molar-refractivity contribution is 5.94. The highest BCUT2D eigenvalue weighted by Gasteiger charge is 2.55. The maximum absolute atomic E-state index is 13.2. The van der Waals surface area contributed by atoms with Crippen LogP contribution >= 0.6 is 0 Å². The molecule has 1 aromatic carbocycles. The van der Waals surface area contributed by atoms with Gasteiger partial charge in [0.05, 0.1) is 12.8 Å². The van der Waals surface area contributed by atoms with E-state index in [1.165, 1.54) is 38.5 Å². The van der Waals surface area contributed by atoms with E-state index in [9.17, 15) is 9.18 Å². The number of carbonyl (C=O) groups excluding carboxylic acids is 1. The molecule has 5 nitrogen and oxygen atoms in total. The van der Waals surface area contributed by atoms with Crippen LogP contribution in [-0.4, -0.2) is 36.2 Å². The van der Waals surface area contributed by atoms with E-state index < -0.39 is 0 Å². The standard InChI is InChI=1S/C20H21FN2O3/c1-23(25-2)20(24)13-10-17(12-6-8-14(21)9-7-12)22-18(11-13)26-19-15-4-3-5-16(15)19/h6-11,15-16,19H,3-5H2,1-2H3/t15-,16+,19?. The van der Waals surface area contributed by atoms with Crippen molar-refractivity contribution in [1.82, 2.24) is 10.0 Å². The van der Waals surface area contributed by atoms with Crippen molar-refractivity contribution in [2.75, 3.05) is 14.2 Å². The van der Waals surface area contributed by atoms with Gasteiger partial charge in [0.2, 0.25) is 5.88 Å². The largest absolute Gasteiger partial charge is 0.474 e. The van der Waals surface area contributed by atoms with Gasteiger partial charge in [-0.05, 0) is 43.2 Å². The maximum atomic E-state index is 13.2. The number of nitrogens with zero attached hydrogens (tertiary/aromatic N) is 2. The fraction of sp³-hybridized carbons (Fsp3) is 0.400. The van der Waals surface area contributed by atoms with Crippen molar-refractivity contribution >= 4 is 5.91 Å². The molecule has 0 bridgehead atoms. The molecule has 1 amide bonds. The van der Waals surface area contributed by atoms with Gasteiger partial charge in [-0.25, -0.2) is 14.4 Å². The van der Waals surface area contributed by atoms with Crippen LogP contribution in [0.1, 0.15) is 29.6 Å². The Hall–Kier alpha value is -2.47. The third kappa shape index (κ3) is 3.17. The molecule has 1 heterocycles. The van der Waals surface area contributed by atoms with E-state index in [1.54, 1.807) is 31.3 Å². The molecule has 2 saturated carbocycles. The summed E-state index contributed by atoms with van der Waals surface area (Å²) in [5.41, 5.74) is 1.72. The zero-order chi connectivity index (χ0) is 18.3. The molecule has 1 unspecified atom stereocenters. The van der Waals surface area contributed by atoms with Crippen molar-refractivity contribution in [2.24, 2.45) is 11.8 Å². The van der Waals surface area contributed by atoms with Crippen LogP contribution in [0.3, 0.4) is 0 Å². The molecular weight excluding hydrogens is 335 g/mol. The lowest BCUT2D eigenvalue weighted by molar-refractivity contribution is -0.0757. The Morgan fingerprint density at radius 2 is 1.88 bits per heavy atom. The number of pyridine rings is 1. The van der Waals surface area contributed by atoms with Crippen molar-refractivity contribution in [3.8, 4) is 17.1 Å². The average molecular weight is 356 g/mol. The molecule has 4 rings (SSSR count). The summed E-state index contributed by atoms with van der Waals surface area (Å²) in [6, 6.07) is 9.35. The van der Waals surface area contributed by atoms with Crippen molar-refractivity contribution in [2.45, 2.75) is 25.4 Å². The number of aromatic nitrogens is 1. The molecule has 3 atom stereocenters. The fourth-order valence-electron chi connectivity index (χ4n) is 3.79. The van der Waals surface area contributed by atoms with Crippen molar-refractivity contribution in [1.29, 1.82) is 0 Å². The summed E-state index contributed by atoms with van der Waals surface area (Å²) in [6.07, 6.45) is 3.86. The quantitative estimate of drug-likeness (QED) is 0.767. The van der Waals surface area contributed by atoms with Crippen molar-refractivity contribution < 1.29 is 18.8 Å². The third-order valence-corrected chi connectivity index (χ3v) is 5.33. The molecule has 0 radical (unpaired) electrons. The first-order valence-corrected chi connectivity index (χ1v) is 8.83. The number of halogens is 1. The van der Waals surface area contributed by atoms with Crippen molar-refractivity contribution in [3.05, 3.63) is 47.8 Å². The number of hydroxylamine groups is 2. The van der Waals surface area contributed by atoms with Gasteiger partial charge < -0.3 is 4.74 Å². The van der Waals surface area contributed by atoms with E-state index >= 15 is 0 Å². The predicted octanol–water partition coefficient (Wildman–Crippen LogP) is 3.70. The Kier molecular flexibility index (Phi) is 4.36. The summed E-state index contributed by atoms with van der Waals surface area (Å²) in [7, 11) is 2.98. The number of hydrogen-bond acceptors (Lipinski definition) is 4. The van der Waals surface area contributed by atoms with Crippen molar-refractivity contribution in [3.63, 3.8) is 0 Å². The zero-order valence-electron chi connectivity index (χ0n) is 14.8. The van der Waals surface area contributed by atoms with Gasteiger partial charge in [0.25, 0.3) is 5.91 Å². The first-order chi connectivity index (χ1) is 12.6. The monoisotopic (exact) mass is 356 g/mol. The van der Waals surface area contributed by atoms with E-state index in [4.69, 9.17) is 9.57 Å². The van der Waals surface area contributed by atoms with Crippen LogP contribution in [0.25, 0.3) is 11.3 Å². The molecule has 2 aliphatic carbocycles. The molecule has 2 aromatic rings. The summed E-state index contributed by atoms with van der Waals surface area (Å²) in [5.74, 6) is 1.06. The Bertz CT molecular complexity index is 814. The second-order valence-corrected chi connectivity index (χ2v) is 6.91. The lowest BCUT2D eigenvalue weighted by Gasteiger charge is -2.16. The molecule has 1 aromatic heterocycles. The summed E-state index contributed by atoms with van der Waals surface area (Å²) in [4.78, 5) is 22.1. The third-order valence-electron chi connectivity index (χ3n) is 5.33. The highest BCUT2D eigenvalue weighted by Crippen LogP contribution is 2.53. The molecule has 0 spiro atoms. The van der Waals surface area contributed by atoms with E-state index in [2.05, 4.69) is 4.98 Å². The second kappa shape index (κ2) is 6.68. The summed E-state index contributed by atoms with van der Waals surface area (Å²) < 4.78 is 19.3. The highest BCUT2D eigenvalue weighted by atomic mass is 19.1. The molecule has 0 aliphatic heterocycles.